The number of thiocarbonyl (C=S) groups is 1. The molecule has 1 aromatic carbocycles. The Morgan fingerprint density at radius 1 is 1.40 bits per heavy atom. The number of quaternary nitrogens is 1. The summed E-state index contributed by atoms with van der Waals surface area (Å²) in [6.07, 6.45) is 0. The van der Waals surface area contributed by atoms with Gasteiger partial charge in [0.1, 0.15) is 13.1 Å². The van der Waals surface area contributed by atoms with E-state index in [0.29, 0.717) is 5.11 Å². The van der Waals surface area contributed by atoms with Crippen LogP contribution in [0, 0.1) is 6.92 Å². The highest BCUT2D eigenvalue weighted by atomic mass is 35.5. The number of hydrogen-bond donors (Lipinski definition) is 3. The van der Waals surface area contributed by atoms with Crippen LogP contribution in [-0.2, 0) is 4.74 Å². The normalized spacial score (nSPS) is 15.9. The van der Waals surface area contributed by atoms with E-state index in [0.717, 1.165) is 55.7 Å². The Kier molecular flexibility index (Phi) is 6.04. The molecule has 0 atom stereocenters. The van der Waals surface area contributed by atoms with E-state index in [1.54, 1.807) is 4.90 Å². The van der Waals surface area contributed by atoms with Crippen molar-refractivity contribution in [2.45, 2.75) is 6.92 Å². The van der Waals surface area contributed by atoms with Gasteiger partial charge in [0.05, 0.1) is 26.3 Å². The number of hydrogen-bond acceptors (Lipinski definition) is 2. The number of ether oxygens (including phenoxy) is 1. The topological polar surface area (TPSA) is 37.7 Å². The van der Waals surface area contributed by atoms with E-state index in [1.165, 1.54) is 0 Å². The summed E-state index contributed by atoms with van der Waals surface area (Å²) < 4.78 is 5.34. The first-order chi connectivity index (χ1) is 9.65. The number of anilines is 1. The first kappa shape index (κ1) is 15.5. The largest absolute Gasteiger partial charge is 0.370 e. The van der Waals surface area contributed by atoms with Gasteiger partial charge in [0.2, 0.25) is 0 Å². The SMILES string of the molecule is Cc1cc(Cl)ccc1NC(=S)NCC[NH+]1CCOCC1. The van der Waals surface area contributed by atoms with E-state index >= 15 is 0 Å². The van der Waals surface area contributed by atoms with Crippen molar-refractivity contribution in [2.24, 2.45) is 0 Å². The number of morpholine rings is 1. The second-order valence-corrected chi connectivity index (χ2v) is 5.80. The molecular weight excluding hydrogens is 294 g/mol. The first-order valence-electron chi connectivity index (χ1n) is 6.87. The van der Waals surface area contributed by atoms with E-state index in [-0.39, 0.29) is 0 Å². The van der Waals surface area contributed by atoms with Crippen LogP contribution < -0.4 is 15.5 Å². The molecule has 4 nitrogen and oxygen atoms in total. The van der Waals surface area contributed by atoms with Gasteiger partial charge in [-0.3, -0.25) is 0 Å². The van der Waals surface area contributed by atoms with Gasteiger partial charge in [-0.1, -0.05) is 11.6 Å². The van der Waals surface area contributed by atoms with Crippen LogP contribution in [0.25, 0.3) is 0 Å². The quantitative estimate of drug-likeness (QED) is 0.721. The Bertz CT molecular complexity index is 464. The third-order valence-electron chi connectivity index (χ3n) is 3.40. The van der Waals surface area contributed by atoms with Crippen LogP contribution >= 0.6 is 23.8 Å². The van der Waals surface area contributed by atoms with E-state index in [4.69, 9.17) is 28.6 Å². The molecule has 1 aliphatic rings. The molecule has 3 N–H and O–H groups in total. The van der Waals surface area contributed by atoms with Gasteiger partial charge in [0, 0.05) is 10.7 Å². The lowest BCUT2D eigenvalue weighted by atomic mass is 10.2. The molecule has 0 aliphatic carbocycles. The van der Waals surface area contributed by atoms with Gasteiger partial charge in [0.25, 0.3) is 0 Å². The van der Waals surface area contributed by atoms with Gasteiger partial charge in [-0.2, -0.15) is 0 Å². The molecule has 0 unspecified atom stereocenters. The van der Waals surface area contributed by atoms with Crippen molar-refractivity contribution in [3.05, 3.63) is 28.8 Å². The number of nitrogens with one attached hydrogen (secondary N) is 3. The second-order valence-electron chi connectivity index (χ2n) is 4.95. The van der Waals surface area contributed by atoms with E-state index in [9.17, 15) is 0 Å². The van der Waals surface area contributed by atoms with Crippen molar-refractivity contribution < 1.29 is 9.64 Å². The molecule has 0 bridgehead atoms. The van der Waals surface area contributed by atoms with Gasteiger partial charge >= 0.3 is 0 Å². The molecule has 1 aromatic rings. The smallest absolute Gasteiger partial charge is 0.170 e. The van der Waals surface area contributed by atoms with Gasteiger partial charge in [-0.25, -0.2) is 0 Å². The summed E-state index contributed by atoms with van der Waals surface area (Å²) in [6, 6.07) is 5.72. The summed E-state index contributed by atoms with van der Waals surface area (Å²) in [7, 11) is 0. The fourth-order valence-corrected chi connectivity index (χ4v) is 2.64. The minimum absolute atomic E-state index is 0.656. The lowest BCUT2D eigenvalue weighted by Crippen LogP contribution is -3.14. The van der Waals surface area contributed by atoms with Gasteiger partial charge < -0.3 is 20.3 Å². The molecule has 1 heterocycles. The van der Waals surface area contributed by atoms with Crippen LogP contribution in [0.5, 0.6) is 0 Å². The lowest BCUT2D eigenvalue weighted by Gasteiger charge is -2.24. The predicted octanol–water partition coefficient (Wildman–Crippen LogP) is 0.850. The van der Waals surface area contributed by atoms with Crippen LogP contribution in [0.2, 0.25) is 5.02 Å². The van der Waals surface area contributed by atoms with Gasteiger partial charge in [-0.15, -0.1) is 0 Å². The zero-order valence-electron chi connectivity index (χ0n) is 11.7. The van der Waals surface area contributed by atoms with E-state index < -0.39 is 0 Å². The number of rotatable bonds is 4. The fraction of sp³-hybridized carbons (Fsp3) is 0.500. The maximum atomic E-state index is 5.93. The summed E-state index contributed by atoms with van der Waals surface area (Å²) >= 11 is 11.2. The molecule has 0 saturated carbocycles. The van der Waals surface area contributed by atoms with Crippen molar-refractivity contribution in [3.8, 4) is 0 Å². The molecule has 0 amide bonds. The monoisotopic (exact) mass is 314 g/mol. The highest BCUT2D eigenvalue weighted by molar-refractivity contribution is 7.80. The van der Waals surface area contributed by atoms with Gasteiger partial charge in [0.15, 0.2) is 5.11 Å². The standard InChI is InChI=1S/C14H20ClN3OS/c1-11-10-12(15)2-3-13(11)17-14(20)16-4-5-18-6-8-19-9-7-18/h2-3,10H,4-9H2,1H3,(H2,16,17,20)/p+1. The Morgan fingerprint density at radius 2 is 2.15 bits per heavy atom. The summed E-state index contributed by atoms with van der Waals surface area (Å²) in [5, 5.41) is 7.84. The van der Waals surface area contributed by atoms with Crippen LogP contribution in [-0.4, -0.2) is 44.5 Å². The van der Waals surface area contributed by atoms with Crippen molar-refractivity contribution in [1.82, 2.24) is 5.32 Å². The van der Waals surface area contributed by atoms with Crippen molar-refractivity contribution in [1.29, 1.82) is 0 Å². The van der Waals surface area contributed by atoms with Crippen molar-refractivity contribution in [2.75, 3.05) is 44.7 Å². The summed E-state index contributed by atoms with van der Waals surface area (Å²) in [5.74, 6) is 0. The maximum absolute atomic E-state index is 5.93. The third kappa shape index (κ3) is 4.90. The van der Waals surface area contributed by atoms with Crippen molar-refractivity contribution >= 4 is 34.6 Å². The van der Waals surface area contributed by atoms with Crippen LogP contribution in [0.3, 0.4) is 0 Å². The number of aryl methyl sites for hydroxylation is 1. The molecular formula is C14H21ClN3OS+. The minimum Gasteiger partial charge on any atom is -0.370 e. The molecule has 20 heavy (non-hydrogen) atoms. The van der Waals surface area contributed by atoms with E-state index in [2.05, 4.69) is 10.6 Å². The first-order valence-corrected chi connectivity index (χ1v) is 7.66. The molecule has 1 saturated heterocycles. The molecule has 110 valence electrons. The molecule has 2 rings (SSSR count). The van der Waals surface area contributed by atoms with E-state index in [1.807, 2.05) is 25.1 Å². The average Bonchev–Trinajstić information content (AvgIpc) is 2.43. The summed E-state index contributed by atoms with van der Waals surface area (Å²) in [4.78, 5) is 1.56. The Labute approximate surface area is 130 Å². The Balaban J connectivity index is 1.72. The molecule has 1 fully saturated rings. The third-order valence-corrected chi connectivity index (χ3v) is 3.88. The second kappa shape index (κ2) is 7.78. The highest BCUT2D eigenvalue weighted by Crippen LogP contribution is 2.19. The Morgan fingerprint density at radius 3 is 2.85 bits per heavy atom. The molecule has 1 aliphatic heterocycles. The van der Waals surface area contributed by atoms with Gasteiger partial charge in [-0.05, 0) is 42.9 Å². The average molecular weight is 315 g/mol. The summed E-state index contributed by atoms with van der Waals surface area (Å²) in [5.41, 5.74) is 2.08. The summed E-state index contributed by atoms with van der Waals surface area (Å²) in [6.45, 7) is 7.83. The molecule has 0 radical (unpaired) electrons. The molecule has 0 spiro atoms. The molecule has 6 heteroatoms. The Hall–Kier alpha value is -0.880. The van der Waals surface area contributed by atoms with Crippen LogP contribution in [0.4, 0.5) is 5.69 Å². The highest BCUT2D eigenvalue weighted by Gasteiger charge is 2.12. The predicted molar refractivity (Wildman–Crippen MR) is 86.8 cm³/mol. The van der Waals surface area contributed by atoms with Crippen LogP contribution in [0.15, 0.2) is 18.2 Å². The minimum atomic E-state index is 0.656. The number of halogens is 1. The lowest BCUT2D eigenvalue weighted by molar-refractivity contribution is -0.906. The molecule has 0 aromatic heterocycles. The maximum Gasteiger partial charge on any atom is 0.170 e. The van der Waals surface area contributed by atoms with Crippen LogP contribution in [0.1, 0.15) is 5.56 Å². The number of benzene rings is 1. The fourth-order valence-electron chi connectivity index (χ4n) is 2.20. The zero-order chi connectivity index (χ0) is 14.4. The zero-order valence-corrected chi connectivity index (χ0v) is 13.2. The van der Waals surface area contributed by atoms with Crippen molar-refractivity contribution in [3.63, 3.8) is 0 Å².